The Morgan fingerprint density at radius 2 is 1.95 bits per heavy atom. The fraction of sp³-hybridized carbons (Fsp3) is 0.185. The van der Waals surface area contributed by atoms with Gasteiger partial charge in [-0.2, -0.15) is 0 Å². The smallest absolute Gasteiger partial charge is 0.294 e. The second kappa shape index (κ2) is 9.48. The highest BCUT2D eigenvalue weighted by Crippen LogP contribution is 2.38. The number of hydrogen-bond acceptors (Lipinski definition) is 11. The van der Waals surface area contributed by atoms with Crippen LogP contribution in [0.3, 0.4) is 0 Å². The van der Waals surface area contributed by atoms with Crippen LogP contribution in [0.25, 0.3) is 27.4 Å². The predicted octanol–water partition coefficient (Wildman–Crippen LogP) is 5.10. The van der Waals surface area contributed by atoms with Gasteiger partial charge in [-0.25, -0.2) is 19.5 Å². The number of rotatable bonds is 7. The Balaban J connectivity index is 1.14. The minimum atomic E-state index is -0.418. The van der Waals surface area contributed by atoms with Crippen LogP contribution in [-0.4, -0.2) is 45.4 Å². The van der Waals surface area contributed by atoms with Gasteiger partial charge in [0.2, 0.25) is 4.96 Å². The van der Waals surface area contributed by atoms with Crippen molar-refractivity contribution in [2.24, 2.45) is 0 Å². The summed E-state index contributed by atoms with van der Waals surface area (Å²) in [4.78, 5) is 14.4. The summed E-state index contributed by atoms with van der Waals surface area (Å²) < 4.78 is 36.5. The van der Waals surface area contributed by atoms with Crippen molar-refractivity contribution >= 4 is 27.3 Å². The van der Waals surface area contributed by atoms with Gasteiger partial charge in [0.15, 0.2) is 29.2 Å². The molecule has 1 atom stereocenters. The molecular formula is C27H21N5O6S. The first-order valence-corrected chi connectivity index (χ1v) is 12.8. The van der Waals surface area contributed by atoms with Gasteiger partial charge < -0.3 is 28.1 Å². The highest BCUT2D eigenvalue weighted by Gasteiger charge is 2.25. The molecule has 0 amide bonds. The molecule has 11 nitrogen and oxygen atoms in total. The monoisotopic (exact) mass is 543 g/mol. The van der Waals surface area contributed by atoms with Gasteiger partial charge in [0.05, 0.1) is 31.5 Å². The average Bonchev–Trinajstić information content (AvgIpc) is 3.69. The Kier molecular flexibility index (Phi) is 5.66. The lowest BCUT2D eigenvalue weighted by Crippen LogP contribution is -2.23. The Bertz CT molecular complexity index is 1780. The molecule has 0 bridgehead atoms. The van der Waals surface area contributed by atoms with E-state index in [-0.39, 0.29) is 6.61 Å². The number of aromatic nitrogens is 5. The van der Waals surface area contributed by atoms with Crippen molar-refractivity contribution in [3.8, 4) is 39.6 Å². The summed E-state index contributed by atoms with van der Waals surface area (Å²) in [7, 11) is 3.17. The summed E-state index contributed by atoms with van der Waals surface area (Å²) in [6.07, 6.45) is 3.07. The second-order valence-corrected chi connectivity index (χ2v) is 9.55. The highest BCUT2D eigenvalue weighted by molar-refractivity contribution is 7.18. The summed E-state index contributed by atoms with van der Waals surface area (Å²) in [6, 6.07) is 14.9. The summed E-state index contributed by atoms with van der Waals surface area (Å²) in [5, 5.41) is 5.64. The number of furan rings is 1. The van der Waals surface area contributed by atoms with Gasteiger partial charge in [-0.1, -0.05) is 12.1 Å². The molecule has 0 fully saturated rings. The van der Waals surface area contributed by atoms with Gasteiger partial charge in [0.1, 0.15) is 36.0 Å². The van der Waals surface area contributed by atoms with Crippen LogP contribution in [-0.2, 0) is 6.61 Å². The van der Waals surface area contributed by atoms with Crippen molar-refractivity contribution in [3.05, 3.63) is 72.4 Å². The SMILES string of the molecule is COc1cc(OCc2ccnc(C3COc4ccccc4O3)n2)c2cc(-c3cn4nc(OC)sc4n3)oc2c1. The van der Waals surface area contributed by atoms with Gasteiger partial charge in [0, 0.05) is 18.3 Å². The Morgan fingerprint density at radius 3 is 2.79 bits per heavy atom. The topological polar surface area (TPSA) is 115 Å². The summed E-state index contributed by atoms with van der Waals surface area (Å²) in [5.41, 5.74) is 1.95. The maximum absolute atomic E-state index is 6.22. The van der Waals surface area contributed by atoms with Crippen molar-refractivity contribution in [1.29, 1.82) is 0 Å². The maximum atomic E-state index is 6.22. The van der Waals surface area contributed by atoms with Crippen molar-refractivity contribution in [2.45, 2.75) is 12.7 Å². The van der Waals surface area contributed by atoms with Gasteiger partial charge in [-0.3, -0.25) is 0 Å². The Hall–Kier alpha value is -4.84. The third-order valence-electron chi connectivity index (χ3n) is 6.16. The quantitative estimate of drug-likeness (QED) is 0.269. The lowest BCUT2D eigenvalue weighted by Gasteiger charge is -2.25. The molecule has 4 aromatic heterocycles. The number of fused-ring (bicyclic) bond motifs is 3. The predicted molar refractivity (Wildman–Crippen MR) is 141 cm³/mol. The van der Waals surface area contributed by atoms with E-state index in [0.29, 0.717) is 68.3 Å². The van der Waals surface area contributed by atoms with Crippen LogP contribution in [0.2, 0.25) is 0 Å². The molecule has 1 aliphatic rings. The summed E-state index contributed by atoms with van der Waals surface area (Å²) >= 11 is 1.35. The molecule has 0 N–H and O–H groups in total. The number of benzene rings is 2. The molecule has 0 saturated carbocycles. The van der Waals surface area contributed by atoms with E-state index in [1.54, 1.807) is 37.2 Å². The van der Waals surface area contributed by atoms with Gasteiger partial charge in [-0.15, -0.1) is 5.10 Å². The van der Waals surface area contributed by atoms with Crippen molar-refractivity contribution in [1.82, 2.24) is 24.6 Å². The van der Waals surface area contributed by atoms with E-state index in [1.807, 2.05) is 42.5 Å². The number of hydrogen-bond donors (Lipinski definition) is 0. The van der Waals surface area contributed by atoms with Gasteiger partial charge in [0.25, 0.3) is 5.19 Å². The number of methoxy groups -OCH3 is 2. The lowest BCUT2D eigenvalue weighted by molar-refractivity contribution is 0.0846. The van der Waals surface area contributed by atoms with Crippen LogP contribution in [0.15, 0.2) is 65.3 Å². The molecule has 12 heteroatoms. The maximum Gasteiger partial charge on any atom is 0.294 e. The van der Waals surface area contributed by atoms with Gasteiger partial charge in [-0.05, 0) is 35.6 Å². The van der Waals surface area contributed by atoms with E-state index in [2.05, 4.69) is 20.1 Å². The molecule has 0 saturated heterocycles. The van der Waals surface area contributed by atoms with Crippen molar-refractivity contribution in [3.63, 3.8) is 0 Å². The van der Waals surface area contributed by atoms with Crippen LogP contribution in [0.5, 0.6) is 28.2 Å². The third kappa shape index (κ3) is 4.34. The lowest BCUT2D eigenvalue weighted by atomic mass is 10.2. The van der Waals surface area contributed by atoms with E-state index < -0.39 is 6.10 Å². The molecule has 5 heterocycles. The van der Waals surface area contributed by atoms with Crippen molar-refractivity contribution in [2.75, 3.05) is 20.8 Å². The molecule has 6 aromatic rings. The third-order valence-corrected chi connectivity index (χ3v) is 7.05. The molecule has 39 heavy (non-hydrogen) atoms. The molecule has 0 aliphatic carbocycles. The van der Waals surface area contributed by atoms with Crippen molar-refractivity contribution < 1.29 is 28.1 Å². The fourth-order valence-electron chi connectivity index (χ4n) is 4.28. The average molecular weight is 544 g/mol. The molecule has 2 aromatic carbocycles. The molecule has 1 unspecified atom stereocenters. The largest absolute Gasteiger partial charge is 0.496 e. The molecule has 7 rings (SSSR count). The molecule has 0 spiro atoms. The van der Waals surface area contributed by atoms with E-state index in [9.17, 15) is 0 Å². The zero-order valence-electron chi connectivity index (χ0n) is 20.9. The zero-order chi connectivity index (χ0) is 26.3. The van der Waals surface area contributed by atoms with E-state index >= 15 is 0 Å². The van der Waals surface area contributed by atoms with Crippen LogP contribution < -0.4 is 23.7 Å². The molecule has 196 valence electrons. The second-order valence-electron chi connectivity index (χ2n) is 8.63. The number of para-hydroxylation sites is 2. The first kappa shape index (κ1) is 23.3. The first-order valence-electron chi connectivity index (χ1n) is 12.0. The molecule has 1 aliphatic heterocycles. The van der Waals surface area contributed by atoms with Crippen LogP contribution >= 0.6 is 11.3 Å². The Labute approximate surface area is 225 Å². The number of ether oxygens (including phenoxy) is 5. The standard InChI is InChI=1S/C27H21N5O6S/c1-33-16-9-21(17-11-23(38-22(17)10-16)18-12-32-26(30-18)39-27(31-32)34-2)35-13-15-7-8-28-25(29-15)24-14-36-19-5-3-4-6-20(19)37-24/h3-12,24H,13-14H2,1-2H3. The van der Waals surface area contributed by atoms with Gasteiger partial charge >= 0.3 is 0 Å². The Morgan fingerprint density at radius 1 is 1.05 bits per heavy atom. The van der Waals surface area contributed by atoms with E-state index in [1.165, 1.54) is 11.3 Å². The fourth-order valence-corrected chi connectivity index (χ4v) is 4.98. The van der Waals surface area contributed by atoms with E-state index in [0.717, 1.165) is 5.39 Å². The van der Waals surface area contributed by atoms with Crippen LogP contribution in [0.4, 0.5) is 0 Å². The van der Waals surface area contributed by atoms with E-state index in [4.69, 9.17) is 28.1 Å². The molecule has 0 radical (unpaired) electrons. The normalized spacial score (nSPS) is 14.6. The zero-order valence-corrected chi connectivity index (χ0v) is 21.7. The minimum Gasteiger partial charge on any atom is -0.496 e. The summed E-state index contributed by atoms with van der Waals surface area (Å²) in [6.45, 7) is 0.524. The number of imidazole rings is 1. The minimum absolute atomic E-state index is 0.201. The van der Waals surface area contributed by atoms with Crippen LogP contribution in [0.1, 0.15) is 17.6 Å². The molecular weight excluding hydrogens is 522 g/mol. The number of nitrogens with zero attached hydrogens (tertiary/aromatic N) is 5. The highest BCUT2D eigenvalue weighted by atomic mass is 32.1. The van der Waals surface area contributed by atoms with Crippen LogP contribution in [0, 0.1) is 0 Å². The summed E-state index contributed by atoms with van der Waals surface area (Å²) in [5.74, 6) is 3.68. The first-order chi connectivity index (χ1) is 19.2.